The topological polar surface area (TPSA) is 46.9 Å². The average molecular weight is 355 g/mol. The maximum absolute atomic E-state index is 13.7. The number of aromatic nitrogens is 2. The second-order valence-electron chi connectivity index (χ2n) is 5.94. The molecule has 1 N–H and O–H groups in total. The zero-order valence-corrected chi connectivity index (χ0v) is 14.2. The van der Waals surface area contributed by atoms with Crippen molar-refractivity contribution in [3.05, 3.63) is 78.0 Å². The van der Waals surface area contributed by atoms with Crippen LogP contribution in [0.5, 0.6) is 0 Å². The van der Waals surface area contributed by atoms with Crippen molar-refractivity contribution in [1.82, 2.24) is 9.78 Å². The number of hydrogen-bond acceptors (Lipinski definition) is 2. The molecule has 3 rings (SSSR count). The van der Waals surface area contributed by atoms with Crippen LogP contribution in [0, 0.1) is 11.6 Å². The van der Waals surface area contributed by atoms with Crippen molar-refractivity contribution >= 4 is 11.7 Å². The molecule has 3 aromatic rings. The SMILES string of the molecule is O=C(CCCCc1ccccc1F)Nc1ccn(-c2ccccc2F)n1. The first-order valence-electron chi connectivity index (χ1n) is 8.47. The van der Waals surface area contributed by atoms with E-state index in [1.807, 2.05) is 0 Å². The minimum Gasteiger partial charge on any atom is -0.309 e. The van der Waals surface area contributed by atoms with Gasteiger partial charge in [0.25, 0.3) is 0 Å². The number of carbonyl (C=O) groups excluding carboxylic acids is 1. The minimum atomic E-state index is -0.387. The third-order valence-corrected chi connectivity index (χ3v) is 4.01. The normalized spacial score (nSPS) is 10.7. The molecule has 134 valence electrons. The maximum Gasteiger partial charge on any atom is 0.225 e. The van der Waals surface area contributed by atoms with E-state index in [1.165, 1.54) is 16.8 Å². The number of benzene rings is 2. The van der Waals surface area contributed by atoms with Gasteiger partial charge in [0, 0.05) is 18.7 Å². The van der Waals surface area contributed by atoms with Gasteiger partial charge in [-0.1, -0.05) is 30.3 Å². The molecule has 1 heterocycles. The first-order valence-corrected chi connectivity index (χ1v) is 8.47. The summed E-state index contributed by atoms with van der Waals surface area (Å²) in [4.78, 5) is 12.0. The van der Waals surface area contributed by atoms with Crippen LogP contribution in [0.25, 0.3) is 5.69 Å². The number of nitrogens with one attached hydrogen (secondary N) is 1. The van der Waals surface area contributed by atoms with Gasteiger partial charge in [-0.15, -0.1) is 5.10 Å². The number of amides is 1. The zero-order chi connectivity index (χ0) is 18.4. The van der Waals surface area contributed by atoms with Crippen molar-refractivity contribution in [3.63, 3.8) is 0 Å². The Labute approximate surface area is 150 Å². The lowest BCUT2D eigenvalue weighted by atomic mass is 10.1. The van der Waals surface area contributed by atoms with Gasteiger partial charge in [-0.25, -0.2) is 13.5 Å². The number of aryl methyl sites for hydroxylation is 1. The van der Waals surface area contributed by atoms with Crippen molar-refractivity contribution in [2.24, 2.45) is 0 Å². The molecule has 0 spiro atoms. The second-order valence-corrected chi connectivity index (χ2v) is 5.94. The van der Waals surface area contributed by atoms with E-state index >= 15 is 0 Å². The fourth-order valence-corrected chi connectivity index (χ4v) is 2.67. The molecular formula is C20H19F2N3O. The number of nitrogens with zero attached hydrogens (tertiary/aromatic N) is 2. The molecule has 0 aliphatic carbocycles. The molecule has 0 radical (unpaired) electrons. The lowest BCUT2D eigenvalue weighted by molar-refractivity contribution is -0.116. The number of carbonyl (C=O) groups is 1. The molecule has 0 saturated heterocycles. The highest BCUT2D eigenvalue weighted by atomic mass is 19.1. The molecular weight excluding hydrogens is 336 g/mol. The third-order valence-electron chi connectivity index (χ3n) is 4.01. The van der Waals surface area contributed by atoms with Gasteiger partial charge in [-0.05, 0) is 43.0 Å². The van der Waals surface area contributed by atoms with E-state index in [-0.39, 0.29) is 17.5 Å². The second kappa shape index (κ2) is 8.38. The van der Waals surface area contributed by atoms with Gasteiger partial charge in [0.1, 0.15) is 17.3 Å². The Balaban J connectivity index is 1.47. The molecule has 2 aromatic carbocycles. The van der Waals surface area contributed by atoms with Gasteiger partial charge in [0.15, 0.2) is 5.82 Å². The molecule has 0 aliphatic heterocycles. The molecule has 0 unspecified atom stereocenters. The summed E-state index contributed by atoms with van der Waals surface area (Å²) in [5.41, 5.74) is 0.981. The molecule has 4 nitrogen and oxygen atoms in total. The quantitative estimate of drug-likeness (QED) is 0.634. The van der Waals surface area contributed by atoms with E-state index < -0.39 is 0 Å². The van der Waals surface area contributed by atoms with E-state index in [0.29, 0.717) is 36.3 Å². The number of rotatable bonds is 7. The van der Waals surface area contributed by atoms with Crippen LogP contribution >= 0.6 is 0 Å². The molecule has 0 aliphatic rings. The van der Waals surface area contributed by atoms with Crippen LogP contribution in [0.15, 0.2) is 60.8 Å². The van der Waals surface area contributed by atoms with Gasteiger partial charge >= 0.3 is 0 Å². The lowest BCUT2D eigenvalue weighted by Gasteiger charge is -2.04. The minimum absolute atomic E-state index is 0.169. The van der Waals surface area contributed by atoms with Crippen LogP contribution in [0.3, 0.4) is 0 Å². The highest BCUT2D eigenvalue weighted by molar-refractivity contribution is 5.89. The van der Waals surface area contributed by atoms with Crippen molar-refractivity contribution in [2.75, 3.05) is 5.32 Å². The molecule has 1 aromatic heterocycles. The summed E-state index contributed by atoms with van der Waals surface area (Å²) in [5, 5.41) is 6.86. The fraction of sp³-hybridized carbons (Fsp3) is 0.200. The van der Waals surface area contributed by atoms with Crippen LogP contribution < -0.4 is 5.32 Å². The smallest absolute Gasteiger partial charge is 0.225 e. The molecule has 0 saturated carbocycles. The Morgan fingerprint density at radius 3 is 2.46 bits per heavy atom. The predicted molar refractivity (Wildman–Crippen MR) is 96.1 cm³/mol. The van der Waals surface area contributed by atoms with Gasteiger partial charge in [-0.2, -0.15) is 0 Å². The number of halogens is 2. The first kappa shape index (κ1) is 17.8. The summed E-state index contributed by atoms with van der Waals surface area (Å²) in [6, 6.07) is 14.5. The van der Waals surface area contributed by atoms with Crippen molar-refractivity contribution < 1.29 is 13.6 Å². The summed E-state index contributed by atoms with van der Waals surface area (Å²) < 4.78 is 28.6. The number of unbranched alkanes of at least 4 members (excludes halogenated alkanes) is 1. The molecule has 26 heavy (non-hydrogen) atoms. The van der Waals surface area contributed by atoms with Crippen LogP contribution in [0.1, 0.15) is 24.8 Å². The highest BCUT2D eigenvalue weighted by Gasteiger charge is 2.08. The average Bonchev–Trinajstić information content (AvgIpc) is 3.08. The number of para-hydroxylation sites is 1. The molecule has 0 bridgehead atoms. The largest absolute Gasteiger partial charge is 0.309 e. The van der Waals surface area contributed by atoms with E-state index in [2.05, 4.69) is 10.4 Å². The van der Waals surface area contributed by atoms with Crippen molar-refractivity contribution in [1.29, 1.82) is 0 Å². The number of anilines is 1. The van der Waals surface area contributed by atoms with E-state index in [0.717, 1.165) is 6.42 Å². The van der Waals surface area contributed by atoms with Crippen LogP contribution in [0.4, 0.5) is 14.6 Å². The Bertz CT molecular complexity index is 892. The maximum atomic E-state index is 13.7. The fourth-order valence-electron chi connectivity index (χ4n) is 2.67. The predicted octanol–water partition coefficient (Wildman–Crippen LogP) is 4.50. The Hall–Kier alpha value is -3.02. The van der Waals surface area contributed by atoms with E-state index in [9.17, 15) is 13.6 Å². The molecule has 0 fully saturated rings. The monoisotopic (exact) mass is 355 g/mol. The van der Waals surface area contributed by atoms with Crippen molar-refractivity contribution in [3.8, 4) is 5.69 Å². The standard InChI is InChI=1S/C20H19F2N3O/c21-16-9-3-1-7-15(16)8-2-6-12-20(26)23-19-13-14-25(24-19)18-11-5-4-10-17(18)22/h1,3-5,7,9-11,13-14H,2,6,8,12H2,(H,23,24,26). The molecule has 6 heteroatoms. The summed E-state index contributed by atoms with van der Waals surface area (Å²) in [6.45, 7) is 0. The first-order chi connectivity index (χ1) is 12.6. The van der Waals surface area contributed by atoms with Crippen molar-refractivity contribution in [2.45, 2.75) is 25.7 Å². The summed E-state index contributed by atoms with van der Waals surface area (Å²) in [7, 11) is 0. The van der Waals surface area contributed by atoms with E-state index in [1.54, 1.807) is 48.7 Å². The van der Waals surface area contributed by atoms with E-state index in [4.69, 9.17) is 0 Å². The van der Waals surface area contributed by atoms with Gasteiger partial charge < -0.3 is 5.32 Å². The Morgan fingerprint density at radius 2 is 1.69 bits per heavy atom. The summed E-state index contributed by atoms with van der Waals surface area (Å²) in [5.74, 6) is -0.401. The van der Waals surface area contributed by atoms with Gasteiger partial charge in [-0.3, -0.25) is 4.79 Å². The number of hydrogen-bond donors (Lipinski definition) is 1. The van der Waals surface area contributed by atoms with Crippen LogP contribution in [-0.4, -0.2) is 15.7 Å². The molecule has 0 atom stereocenters. The van der Waals surface area contributed by atoms with Gasteiger partial charge in [0.05, 0.1) is 0 Å². The van der Waals surface area contributed by atoms with Crippen LogP contribution in [-0.2, 0) is 11.2 Å². The Morgan fingerprint density at radius 1 is 0.962 bits per heavy atom. The highest BCUT2D eigenvalue weighted by Crippen LogP contribution is 2.15. The van der Waals surface area contributed by atoms with Crippen LogP contribution in [0.2, 0.25) is 0 Å². The Kier molecular flexibility index (Phi) is 5.73. The summed E-state index contributed by atoms with van der Waals surface area (Å²) >= 11 is 0. The molecule has 1 amide bonds. The lowest BCUT2D eigenvalue weighted by Crippen LogP contribution is -2.12. The summed E-state index contributed by atoms with van der Waals surface area (Å²) in [6.07, 6.45) is 3.88. The zero-order valence-electron chi connectivity index (χ0n) is 14.2. The van der Waals surface area contributed by atoms with Gasteiger partial charge in [0.2, 0.25) is 5.91 Å². The third kappa shape index (κ3) is 4.53.